The highest BCUT2D eigenvalue weighted by atomic mass is 16.5. The summed E-state index contributed by atoms with van der Waals surface area (Å²) >= 11 is 0. The standard InChI is InChI=1S/C29H26N2O3/c1-33-24-15-13-22(14-16-24)28-30-27-11-5-4-10-26(27)29(32)31(28)18-6-7-19-34-25-17-12-21-8-2-3-9-23(21)20-25/h2-5,8-17,20H,6-7,18-19H2,1H3. The van der Waals surface area contributed by atoms with Gasteiger partial charge in [0.25, 0.3) is 5.56 Å². The van der Waals surface area contributed by atoms with Crippen LogP contribution in [0.4, 0.5) is 0 Å². The van der Waals surface area contributed by atoms with E-state index in [0.717, 1.165) is 35.3 Å². The molecule has 5 rings (SSSR count). The Hall–Kier alpha value is -4.12. The summed E-state index contributed by atoms with van der Waals surface area (Å²) in [7, 11) is 1.64. The van der Waals surface area contributed by atoms with E-state index in [1.807, 2.05) is 66.7 Å². The summed E-state index contributed by atoms with van der Waals surface area (Å²) in [5, 5.41) is 2.99. The Morgan fingerprint density at radius 1 is 0.794 bits per heavy atom. The third-order valence-corrected chi connectivity index (χ3v) is 5.98. The Labute approximate surface area is 198 Å². The van der Waals surface area contributed by atoms with Crippen LogP contribution in [0.5, 0.6) is 11.5 Å². The molecule has 0 saturated heterocycles. The van der Waals surface area contributed by atoms with Gasteiger partial charge in [0, 0.05) is 12.1 Å². The smallest absolute Gasteiger partial charge is 0.261 e. The van der Waals surface area contributed by atoms with Gasteiger partial charge in [0.2, 0.25) is 0 Å². The molecule has 4 aromatic carbocycles. The van der Waals surface area contributed by atoms with Crippen LogP contribution in [0.25, 0.3) is 33.1 Å². The van der Waals surface area contributed by atoms with Crippen LogP contribution in [-0.4, -0.2) is 23.3 Å². The highest BCUT2D eigenvalue weighted by molar-refractivity contribution is 5.83. The Kier molecular flexibility index (Phi) is 6.25. The van der Waals surface area contributed by atoms with E-state index in [2.05, 4.69) is 24.3 Å². The average Bonchev–Trinajstić information content (AvgIpc) is 2.89. The SMILES string of the molecule is COc1ccc(-c2nc3ccccc3c(=O)n2CCCCOc2ccc3ccccc3c2)cc1. The Balaban J connectivity index is 1.32. The van der Waals surface area contributed by atoms with Gasteiger partial charge in [-0.2, -0.15) is 0 Å². The molecule has 5 heteroatoms. The molecule has 0 fully saturated rings. The van der Waals surface area contributed by atoms with Crippen molar-refractivity contribution in [1.29, 1.82) is 0 Å². The van der Waals surface area contributed by atoms with E-state index < -0.39 is 0 Å². The molecule has 0 aliphatic heterocycles. The highest BCUT2D eigenvalue weighted by Gasteiger charge is 2.13. The van der Waals surface area contributed by atoms with Gasteiger partial charge in [-0.1, -0.05) is 42.5 Å². The number of nitrogens with zero attached hydrogens (tertiary/aromatic N) is 2. The fourth-order valence-corrected chi connectivity index (χ4v) is 4.16. The Morgan fingerprint density at radius 3 is 2.35 bits per heavy atom. The van der Waals surface area contributed by atoms with Gasteiger partial charge in [-0.25, -0.2) is 4.98 Å². The van der Waals surface area contributed by atoms with Crippen LogP contribution in [0.3, 0.4) is 0 Å². The number of aromatic nitrogens is 2. The van der Waals surface area contributed by atoms with Crippen LogP contribution in [0, 0.1) is 0 Å². The van der Waals surface area contributed by atoms with Crippen molar-refractivity contribution in [3.8, 4) is 22.9 Å². The number of para-hydroxylation sites is 1. The third-order valence-electron chi connectivity index (χ3n) is 5.98. The number of unbranched alkanes of at least 4 members (excludes halogenated alkanes) is 1. The number of ether oxygens (including phenoxy) is 2. The molecule has 5 aromatic rings. The van der Waals surface area contributed by atoms with Gasteiger partial charge < -0.3 is 9.47 Å². The monoisotopic (exact) mass is 450 g/mol. The number of rotatable bonds is 8. The molecule has 0 amide bonds. The number of hydrogen-bond acceptors (Lipinski definition) is 4. The zero-order valence-electron chi connectivity index (χ0n) is 19.1. The minimum atomic E-state index is -0.0214. The molecular weight excluding hydrogens is 424 g/mol. The van der Waals surface area contributed by atoms with Crippen LogP contribution in [0.15, 0.2) is 95.8 Å². The number of hydrogen-bond donors (Lipinski definition) is 0. The molecule has 0 N–H and O–H groups in total. The first kappa shape index (κ1) is 21.7. The molecule has 0 radical (unpaired) electrons. The van der Waals surface area contributed by atoms with Crippen LogP contribution in [-0.2, 0) is 6.54 Å². The maximum atomic E-state index is 13.3. The van der Waals surface area contributed by atoms with Gasteiger partial charge in [-0.15, -0.1) is 0 Å². The number of methoxy groups -OCH3 is 1. The van der Waals surface area contributed by atoms with Crippen molar-refractivity contribution in [3.63, 3.8) is 0 Å². The molecule has 170 valence electrons. The lowest BCUT2D eigenvalue weighted by molar-refractivity contribution is 0.303. The molecule has 1 heterocycles. The summed E-state index contributed by atoms with van der Waals surface area (Å²) in [5.41, 5.74) is 1.57. The number of benzene rings is 4. The van der Waals surface area contributed by atoms with Crippen molar-refractivity contribution in [3.05, 3.63) is 101 Å². The van der Waals surface area contributed by atoms with Crippen molar-refractivity contribution >= 4 is 21.7 Å². The van der Waals surface area contributed by atoms with Crippen LogP contribution in [0.2, 0.25) is 0 Å². The zero-order valence-corrected chi connectivity index (χ0v) is 19.1. The summed E-state index contributed by atoms with van der Waals surface area (Å²) in [6.45, 7) is 1.16. The first-order valence-corrected chi connectivity index (χ1v) is 11.5. The maximum absolute atomic E-state index is 13.3. The third kappa shape index (κ3) is 4.50. The van der Waals surface area contributed by atoms with Gasteiger partial charge in [0.1, 0.15) is 17.3 Å². The van der Waals surface area contributed by atoms with Gasteiger partial charge in [-0.05, 0) is 72.1 Å². The second-order valence-electron chi connectivity index (χ2n) is 8.20. The van der Waals surface area contributed by atoms with Gasteiger partial charge in [0.15, 0.2) is 0 Å². The van der Waals surface area contributed by atoms with Gasteiger partial charge >= 0.3 is 0 Å². The van der Waals surface area contributed by atoms with Gasteiger partial charge in [-0.3, -0.25) is 9.36 Å². The molecule has 0 atom stereocenters. The normalized spacial score (nSPS) is 11.1. The quantitative estimate of drug-likeness (QED) is 0.269. The molecule has 0 bridgehead atoms. The topological polar surface area (TPSA) is 53.3 Å². The zero-order chi connectivity index (χ0) is 23.3. The highest BCUT2D eigenvalue weighted by Crippen LogP contribution is 2.23. The van der Waals surface area contributed by atoms with E-state index in [9.17, 15) is 4.79 Å². The van der Waals surface area contributed by atoms with E-state index in [-0.39, 0.29) is 5.56 Å². The van der Waals surface area contributed by atoms with Crippen LogP contribution in [0.1, 0.15) is 12.8 Å². The molecule has 0 aliphatic carbocycles. The largest absolute Gasteiger partial charge is 0.497 e. The second kappa shape index (κ2) is 9.79. The summed E-state index contributed by atoms with van der Waals surface area (Å²) in [6.07, 6.45) is 1.63. The molecule has 0 aliphatic rings. The summed E-state index contributed by atoms with van der Waals surface area (Å²) in [4.78, 5) is 18.2. The van der Waals surface area contributed by atoms with Crippen molar-refractivity contribution in [2.24, 2.45) is 0 Å². The van der Waals surface area contributed by atoms with E-state index >= 15 is 0 Å². The molecule has 1 aromatic heterocycles. The molecule has 0 saturated carbocycles. The first-order valence-electron chi connectivity index (χ1n) is 11.5. The minimum absolute atomic E-state index is 0.0214. The lowest BCUT2D eigenvalue weighted by Gasteiger charge is -2.14. The fourth-order valence-electron chi connectivity index (χ4n) is 4.16. The predicted octanol–water partition coefficient (Wildman–Crippen LogP) is 6.08. The van der Waals surface area contributed by atoms with Crippen molar-refractivity contribution in [2.75, 3.05) is 13.7 Å². The first-order chi connectivity index (χ1) is 16.7. The van der Waals surface area contributed by atoms with Crippen LogP contribution < -0.4 is 15.0 Å². The summed E-state index contributed by atoms with van der Waals surface area (Å²) in [6, 6.07) is 29.5. The van der Waals surface area contributed by atoms with Crippen molar-refractivity contribution < 1.29 is 9.47 Å². The van der Waals surface area contributed by atoms with E-state index in [1.165, 1.54) is 5.39 Å². The van der Waals surface area contributed by atoms with Gasteiger partial charge in [0.05, 0.1) is 24.6 Å². The number of fused-ring (bicyclic) bond motifs is 2. The minimum Gasteiger partial charge on any atom is -0.497 e. The molecule has 0 unspecified atom stereocenters. The average molecular weight is 451 g/mol. The molecular formula is C29H26N2O3. The Morgan fingerprint density at radius 2 is 1.53 bits per heavy atom. The Bertz CT molecular complexity index is 1490. The molecule has 5 nitrogen and oxygen atoms in total. The lowest BCUT2D eigenvalue weighted by Crippen LogP contribution is -2.24. The van der Waals surface area contributed by atoms with E-state index in [1.54, 1.807) is 11.7 Å². The summed E-state index contributed by atoms with van der Waals surface area (Å²) in [5.74, 6) is 2.30. The molecule has 34 heavy (non-hydrogen) atoms. The fraction of sp³-hybridized carbons (Fsp3) is 0.172. The second-order valence-corrected chi connectivity index (χ2v) is 8.20. The van der Waals surface area contributed by atoms with Crippen molar-refractivity contribution in [1.82, 2.24) is 9.55 Å². The summed E-state index contributed by atoms with van der Waals surface area (Å²) < 4.78 is 13.0. The maximum Gasteiger partial charge on any atom is 0.261 e. The van der Waals surface area contributed by atoms with Crippen LogP contribution >= 0.6 is 0 Å². The van der Waals surface area contributed by atoms with E-state index in [4.69, 9.17) is 14.5 Å². The lowest BCUT2D eigenvalue weighted by atomic mass is 10.1. The van der Waals surface area contributed by atoms with Crippen molar-refractivity contribution in [2.45, 2.75) is 19.4 Å². The molecule has 0 spiro atoms. The van der Waals surface area contributed by atoms with E-state index in [0.29, 0.717) is 29.9 Å². The predicted molar refractivity (Wildman–Crippen MR) is 137 cm³/mol.